The Morgan fingerprint density at radius 1 is 1.29 bits per heavy atom. The Morgan fingerprint density at radius 3 is 2.62 bits per heavy atom. The predicted molar refractivity (Wildman–Crippen MR) is 86.5 cm³/mol. The van der Waals surface area contributed by atoms with Crippen LogP contribution >= 0.6 is 0 Å². The number of ether oxygens (including phenoxy) is 1. The topological polar surface area (TPSA) is 72.7 Å². The van der Waals surface area contributed by atoms with Gasteiger partial charge < -0.3 is 9.64 Å². The van der Waals surface area contributed by atoms with Gasteiger partial charge in [-0.1, -0.05) is 12.1 Å². The summed E-state index contributed by atoms with van der Waals surface area (Å²) in [6.07, 6.45) is 0. The molecule has 2 aromatic rings. The molecular formula is C17H17FN2O4. The van der Waals surface area contributed by atoms with E-state index < -0.39 is 10.8 Å². The van der Waals surface area contributed by atoms with Crippen LogP contribution in [0.2, 0.25) is 0 Å². The van der Waals surface area contributed by atoms with Crippen molar-refractivity contribution in [1.29, 1.82) is 0 Å². The van der Waals surface area contributed by atoms with Crippen LogP contribution in [0.5, 0.6) is 5.75 Å². The summed E-state index contributed by atoms with van der Waals surface area (Å²) in [5.74, 6) is -0.547. The van der Waals surface area contributed by atoms with Gasteiger partial charge in [-0.25, -0.2) is 4.39 Å². The van der Waals surface area contributed by atoms with Crippen LogP contribution in [0.1, 0.15) is 22.8 Å². The zero-order valence-electron chi connectivity index (χ0n) is 13.4. The molecule has 0 unspecified atom stereocenters. The Kier molecular flexibility index (Phi) is 5.47. The molecule has 0 aliphatic rings. The fourth-order valence-electron chi connectivity index (χ4n) is 2.33. The van der Waals surface area contributed by atoms with Crippen LogP contribution in [0.25, 0.3) is 0 Å². The third kappa shape index (κ3) is 3.87. The molecule has 0 saturated carbocycles. The van der Waals surface area contributed by atoms with Crippen LogP contribution in [-0.4, -0.2) is 29.4 Å². The Labute approximate surface area is 138 Å². The number of carbonyl (C=O) groups excluding carboxylic acids is 1. The monoisotopic (exact) mass is 332 g/mol. The Hall–Kier alpha value is -2.96. The zero-order chi connectivity index (χ0) is 17.7. The van der Waals surface area contributed by atoms with Gasteiger partial charge in [0.1, 0.15) is 11.6 Å². The lowest BCUT2D eigenvalue weighted by Gasteiger charge is -2.22. The summed E-state index contributed by atoms with van der Waals surface area (Å²) >= 11 is 0. The Morgan fingerprint density at radius 2 is 2.04 bits per heavy atom. The maximum atomic E-state index is 13.3. The molecule has 0 aliphatic heterocycles. The molecule has 0 fully saturated rings. The van der Waals surface area contributed by atoms with E-state index in [-0.39, 0.29) is 29.4 Å². The van der Waals surface area contributed by atoms with Crippen molar-refractivity contribution in [3.63, 3.8) is 0 Å². The van der Waals surface area contributed by atoms with Crippen molar-refractivity contribution in [3.8, 4) is 5.75 Å². The number of nitro groups is 1. The molecular weight excluding hydrogens is 315 g/mol. The van der Waals surface area contributed by atoms with Crippen molar-refractivity contribution in [2.45, 2.75) is 13.5 Å². The molecule has 0 radical (unpaired) electrons. The van der Waals surface area contributed by atoms with Gasteiger partial charge in [-0.3, -0.25) is 14.9 Å². The summed E-state index contributed by atoms with van der Waals surface area (Å²) in [6, 6.07) is 9.81. The predicted octanol–water partition coefficient (Wildman–Crippen LogP) is 3.40. The van der Waals surface area contributed by atoms with E-state index in [2.05, 4.69) is 0 Å². The third-order valence-electron chi connectivity index (χ3n) is 3.56. The maximum Gasteiger partial charge on any atom is 0.270 e. The first-order chi connectivity index (χ1) is 11.5. The number of nitro benzene ring substituents is 1. The normalized spacial score (nSPS) is 10.3. The molecule has 6 nitrogen and oxygen atoms in total. The van der Waals surface area contributed by atoms with E-state index in [1.807, 2.05) is 0 Å². The maximum absolute atomic E-state index is 13.3. The standard InChI is InChI=1S/C17H17FN2O4/c1-3-19(11-12-5-4-6-13(18)9-12)17(21)15-10-14(20(22)23)7-8-16(15)24-2/h4-10H,3,11H2,1-2H3. The zero-order valence-corrected chi connectivity index (χ0v) is 13.4. The molecule has 24 heavy (non-hydrogen) atoms. The summed E-state index contributed by atoms with van der Waals surface area (Å²) in [5, 5.41) is 10.9. The number of rotatable bonds is 6. The van der Waals surface area contributed by atoms with Crippen molar-refractivity contribution in [3.05, 3.63) is 69.5 Å². The van der Waals surface area contributed by atoms with Gasteiger partial charge in [0.25, 0.3) is 11.6 Å². The molecule has 7 heteroatoms. The highest BCUT2D eigenvalue weighted by molar-refractivity contribution is 5.97. The van der Waals surface area contributed by atoms with Crippen LogP contribution in [0, 0.1) is 15.9 Å². The molecule has 0 aromatic heterocycles. The van der Waals surface area contributed by atoms with Gasteiger partial charge in [0.05, 0.1) is 17.6 Å². The number of benzene rings is 2. The number of hydrogen-bond acceptors (Lipinski definition) is 4. The van der Waals surface area contributed by atoms with Gasteiger partial charge in [0.15, 0.2) is 0 Å². The number of methoxy groups -OCH3 is 1. The fraction of sp³-hybridized carbons (Fsp3) is 0.235. The molecule has 0 heterocycles. The molecule has 0 N–H and O–H groups in total. The van der Waals surface area contributed by atoms with Crippen LogP contribution in [0.4, 0.5) is 10.1 Å². The van der Waals surface area contributed by atoms with Crippen LogP contribution in [-0.2, 0) is 6.54 Å². The van der Waals surface area contributed by atoms with Crippen molar-refractivity contribution < 1.29 is 18.8 Å². The molecule has 2 rings (SSSR count). The van der Waals surface area contributed by atoms with E-state index >= 15 is 0 Å². The lowest BCUT2D eigenvalue weighted by molar-refractivity contribution is -0.384. The highest BCUT2D eigenvalue weighted by Gasteiger charge is 2.22. The van der Waals surface area contributed by atoms with Crippen molar-refractivity contribution in [1.82, 2.24) is 4.90 Å². The van der Waals surface area contributed by atoms with Gasteiger partial charge in [-0.05, 0) is 30.7 Å². The molecule has 1 amide bonds. The largest absolute Gasteiger partial charge is 0.496 e. The number of non-ortho nitro benzene ring substituents is 1. The van der Waals surface area contributed by atoms with E-state index in [4.69, 9.17) is 4.74 Å². The average Bonchev–Trinajstić information content (AvgIpc) is 2.58. The minimum atomic E-state index is -0.570. The first kappa shape index (κ1) is 17.4. The van der Waals surface area contributed by atoms with Crippen molar-refractivity contribution >= 4 is 11.6 Å². The van der Waals surface area contributed by atoms with Crippen LogP contribution < -0.4 is 4.74 Å². The summed E-state index contributed by atoms with van der Waals surface area (Å²) in [5.41, 5.74) is 0.542. The van der Waals surface area contributed by atoms with Gasteiger partial charge in [-0.15, -0.1) is 0 Å². The van der Waals surface area contributed by atoms with E-state index in [0.29, 0.717) is 12.1 Å². The molecule has 0 bridgehead atoms. The summed E-state index contributed by atoms with van der Waals surface area (Å²) in [4.78, 5) is 24.6. The minimum absolute atomic E-state index is 0.102. The van der Waals surface area contributed by atoms with Gasteiger partial charge in [-0.2, -0.15) is 0 Å². The van der Waals surface area contributed by atoms with Crippen molar-refractivity contribution in [2.75, 3.05) is 13.7 Å². The second-order valence-electron chi connectivity index (χ2n) is 5.09. The summed E-state index contributed by atoms with van der Waals surface area (Å²) in [7, 11) is 1.39. The number of nitrogens with zero attached hydrogens (tertiary/aromatic N) is 2. The second kappa shape index (κ2) is 7.54. The second-order valence-corrected chi connectivity index (χ2v) is 5.09. The Balaban J connectivity index is 2.33. The molecule has 0 spiro atoms. The summed E-state index contributed by atoms with van der Waals surface area (Å²) < 4.78 is 18.4. The quantitative estimate of drug-likeness (QED) is 0.600. The number of amides is 1. The van der Waals surface area contributed by atoms with Crippen molar-refractivity contribution in [2.24, 2.45) is 0 Å². The SMILES string of the molecule is CCN(Cc1cccc(F)c1)C(=O)c1cc([N+](=O)[O-])ccc1OC. The molecule has 126 valence electrons. The molecule has 2 aromatic carbocycles. The highest BCUT2D eigenvalue weighted by Crippen LogP contribution is 2.26. The Bertz CT molecular complexity index is 764. The fourth-order valence-corrected chi connectivity index (χ4v) is 2.33. The van der Waals surface area contributed by atoms with Crippen LogP contribution in [0.3, 0.4) is 0 Å². The number of halogens is 1. The highest BCUT2D eigenvalue weighted by atomic mass is 19.1. The lowest BCUT2D eigenvalue weighted by Crippen LogP contribution is -2.30. The third-order valence-corrected chi connectivity index (χ3v) is 3.56. The minimum Gasteiger partial charge on any atom is -0.496 e. The molecule has 0 aliphatic carbocycles. The first-order valence-corrected chi connectivity index (χ1v) is 7.32. The smallest absolute Gasteiger partial charge is 0.270 e. The van der Waals surface area contributed by atoms with Gasteiger partial charge in [0, 0.05) is 25.2 Å². The summed E-state index contributed by atoms with van der Waals surface area (Å²) in [6.45, 7) is 2.33. The van der Waals surface area contributed by atoms with E-state index in [1.54, 1.807) is 19.1 Å². The molecule has 0 atom stereocenters. The van der Waals surface area contributed by atoms with E-state index in [9.17, 15) is 19.3 Å². The van der Waals surface area contributed by atoms with Gasteiger partial charge in [0.2, 0.25) is 0 Å². The average molecular weight is 332 g/mol. The van der Waals surface area contributed by atoms with Crippen LogP contribution in [0.15, 0.2) is 42.5 Å². The molecule has 0 saturated heterocycles. The number of carbonyl (C=O) groups is 1. The first-order valence-electron chi connectivity index (χ1n) is 7.32. The van der Waals surface area contributed by atoms with E-state index in [1.165, 1.54) is 42.3 Å². The van der Waals surface area contributed by atoms with Gasteiger partial charge >= 0.3 is 0 Å². The lowest BCUT2D eigenvalue weighted by atomic mass is 10.1. The number of hydrogen-bond donors (Lipinski definition) is 0. The van der Waals surface area contributed by atoms with E-state index in [0.717, 1.165) is 0 Å².